The second-order valence-corrected chi connectivity index (χ2v) is 8.63. The summed E-state index contributed by atoms with van der Waals surface area (Å²) in [6.45, 7) is -0.0710. The fourth-order valence-corrected chi connectivity index (χ4v) is 4.49. The van der Waals surface area contributed by atoms with Crippen molar-refractivity contribution in [2.24, 2.45) is 0 Å². The molecule has 5 rings (SSSR count). The van der Waals surface area contributed by atoms with Gasteiger partial charge in [0.1, 0.15) is 17.1 Å². The maximum absolute atomic E-state index is 13.4. The number of halogens is 1. The van der Waals surface area contributed by atoms with Gasteiger partial charge in [0.05, 0.1) is 30.5 Å². The van der Waals surface area contributed by atoms with E-state index in [1.165, 1.54) is 37.5 Å². The standard InChI is InChI=1S/C27H18FN3O5S/c1-36-22-11-6-15(12-16(22)14-30-24(33)19-4-2-3-5-20(19)25(30)34)13-21-23(32)29-27(37)31(26(21)35)18-9-7-17(28)8-10-18/h2-13H,14H2,1H3,(H,29,32,37)/b21-13-. The van der Waals surface area contributed by atoms with Crippen molar-refractivity contribution >= 4 is 52.7 Å². The normalized spacial score (nSPS) is 16.4. The molecule has 0 bridgehead atoms. The molecule has 0 aromatic heterocycles. The second-order valence-electron chi connectivity index (χ2n) is 8.25. The molecular formula is C27H18FN3O5S. The van der Waals surface area contributed by atoms with E-state index in [0.717, 1.165) is 9.80 Å². The molecule has 1 N–H and O–H groups in total. The summed E-state index contributed by atoms with van der Waals surface area (Å²) in [7, 11) is 1.46. The van der Waals surface area contributed by atoms with Crippen molar-refractivity contribution in [1.82, 2.24) is 10.2 Å². The molecule has 0 spiro atoms. The summed E-state index contributed by atoms with van der Waals surface area (Å²) in [6, 6.07) is 16.6. The van der Waals surface area contributed by atoms with Gasteiger partial charge in [-0.05, 0) is 72.4 Å². The lowest BCUT2D eigenvalue weighted by Crippen LogP contribution is -2.54. The Morgan fingerprint density at radius 3 is 2.19 bits per heavy atom. The molecule has 184 valence electrons. The molecule has 0 unspecified atom stereocenters. The molecule has 2 heterocycles. The number of carbonyl (C=O) groups excluding carboxylic acids is 4. The number of rotatable bonds is 5. The molecular weight excluding hydrogens is 497 g/mol. The first kappa shape index (κ1) is 24.0. The quantitative estimate of drug-likeness (QED) is 0.242. The minimum Gasteiger partial charge on any atom is -0.496 e. The number of amides is 4. The van der Waals surface area contributed by atoms with Crippen molar-refractivity contribution in [1.29, 1.82) is 0 Å². The summed E-state index contributed by atoms with van der Waals surface area (Å²) in [4.78, 5) is 53.8. The van der Waals surface area contributed by atoms with E-state index in [4.69, 9.17) is 17.0 Å². The number of nitrogens with zero attached hydrogens (tertiary/aromatic N) is 2. The molecule has 3 aromatic rings. The fourth-order valence-electron chi connectivity index (χ4n) is 4.21. The number of thiocarbonyl (C=S) groups is 1. The smallest absolute Gasteiger partial charge is 0.270 e. The summed E-state index contributed by atoms with van der Waals surface area (Å²) in [5, 5.41) is 2.35. The predicted molar refractivity (Wildman–Crippen MR) is 136 cm³/mol. The van der Waals surface area contributed by atoms with Crippen molar-refractivity contribution in [3.8, 4) is 5.75 Å². The number of benzene rings is 3. The third kappa shape index (κ3) is 4.27. The Labute approximate surface area is 215 Å². The molecule has 2 aliphatic rings. The van der Waals surface area contributed by atoms with Crippen LogP contribution < -0.4 is 15.0 Å². The van der Waals surface area contributed by atoms with E-state index in [-0.39, 0.29) is 17.2 Å². The summed E-state index contributed by atoms with van der Waals surface area (Å²) in [6.07, 6.45) is 1.38. The van der Waals surface area contributed by atoms with Crippen molar-refractivity contribution in [3.63, 3.8) is 0 Å². The fraction of sp³-hybridized carbons (Fsp3) is 0.0741. The molecule has 0 radical (unpaired) electrons. The highest BCUT2D eigenvalue weighted by atomic mass is 32.1. The molecule has 0 atom stereocenters. The zero-order chi connectivity index (χ0) is 26.3. The van der Waals surface area contributed by atoms with Crippen molar-refractivity contribution < 1.29 is 28.3 Å². The Morgan fingerprint density at radius 1 is 0.919 bits per heavy atom. The van der Waals surface area contributed by atoms with Crippen LogP contribution >= 0.6 is 12.2 Å². The molecule has 1 fully saturated rings. The van der Waals surface area contributed by atoms with Gasteiger partial charge < -0.3 is 4.74 Å². The third-order valence-electron chi connectivity index (χ3n) is 6.01. The molecule has 4 amide bonds. The summed E-state index contributed by atoms with van der Waals surface area (Å²) < 4.78 is 18.8. The monoisotopic (exact) mass is 515 g/mol. The van der Waals surface area contributed by atoms with Crippen LogP contribution in [0.4, 0.5) is 10.1 Å². The van der Waals surface area contributed by atoms with Gasteiger partial charge in [-0.1, -0.05) is 18.2 Å². The number of nitrogens with one attached hydrogen (secondary N) is 1. The summed E-state index contributed by atoms with van der Waals surface area (Å²) in [5.41, 5.74) is 1.70. The number of methoxy groups -OCH3 is 1. The molecule has 8 nitrogen and oxygen atoms in total. The summed E-state index contributed by atoms with van der Waals surface area (Å²) >= 11 is 5.17. The zero-order valence-corrected chi connectivity index (χ0v) is 20.2. The number of imide groups is 1. The number of hydrogen-bond donors (Lipinski definition) is 1. The molecule has 0 aliphatic carbocycles. The van der Waals surface area contributed by atoms with Crippen LogP contribution in [0.5, 0.6) is 5.75 Å². The van der Waals surface area contributed by atoms with E-state index in [1.807, 2.05) is 0 Å². The highest BCUT2D eigenvalue weighted by Gasteiger charge is 2.36. The lowest BCUT2D eigenvalue weighted by Gasteiger charge is -2.29. The van der Waals surface area contributed by atoms with Crippen molar-refractivity contribution in [2.75, 3.05) is 12.0 Å². The van der Waals surface area contributed by atoms with Crippen LogP contribution in [0.1, 0.15) is 31.8 Å². The van der Waals surface area contributed by atoms with Gasteiger partial charge >= 0.3 is 0 Å². The first-order valence-electron chi connectivity index (χ1n) is 11.1. The Kier molecular flexibility index (Phi) is 6.10. The molecule has 0 saturated carbocycles. The van der Waals surface area contributed by atoms with E-state index in [9.17, 15) is 23.6 Å². The number of carbonyl (C=O) groups is 4. The van der Waals surface area contributed by atoms with Crippen LogP contribution in [-0.4, -0.2) is 40.8 Å². The van der Waals surface area contributed by atoms with Gasteiger partial charge in [-0.15, -0.1) is 0 Å². The minimum atomic E-state index is -0.689. The Morgan fingerprint density at radius 2 is 1.57 bits per heavy atom. The maximum atomic E-state index is 13.4. The number of anilines is 1. The number of fused-ring (bicyclic) bond motifs is 1. The van der Waals surface area contributed by atoms with Crippen LogP contribution in [-0.2, 0) is 16.1 Å². The second kappa shape index (κ2) is 9.40. The Bertz CT molecular complexity index is 1500. The number of ether oxygens (including phenoxy) is 1. The van der Waals surface area contributed by atoms with Crippen LogP contribution in [0.15, 0.2) is 72.3 Å². The zero-order valence-electron chi connectivity index (χ0n) is 19.4. The van der Waals surface area contributed by atoms with Gasteiger partial charge in [-0.25, -0.2) is 4.39 Å². The van der Waals surface area contributed by atoms with Crippen molar-refractivity contribution in [2.45, 2.75) is 6.54 Å². The lowest BCUT2D eigenvalue weighted by atomic mass is 10.0. The van der Waals surface area contributed by atoms with Gasteiger partial charge in [0.15, 0.2) is 5.11 Å². The van der Waals surface area contributed by atoms with E-state index in [1.54, 1.807) is 42.5 Å². The molecule has 3 aromatic carbocycles. The third-order valence-corrected chi connectivity index (χ3v) is 6.29. The van der Waals surface area contributed by atoms with Gasteiger partial charge in [-0.2, -0.15) is 0 Å². The first-order valence-corrected chi connectivity index (χ1v) is 11.5. The predicted octanol–water partition coefficient (Wildman–Crippen LogP) is 3.46. The highest BCUT2D eigenvalue weighted by Crippen LogP contribution is 2.29. The van der Waals surface area contributed by atoms with Crippen molar-refractivity contribution in [3.05, 3.63) is 100 Å². The molecule has 2 aliphatic heterocycles. The van der Waals surface area contributed by atoms with E-state index < -0.39 is 29.4 Å². The van der Waals surface area contributed by atoms with Gasteiger partial charge in [0.2, 0.25) is 0 Å². The Hall–Kier alpha value is -4.70. The van der Waals surface area contributed by atoms with Crippen LogP contribution in [0.2, 0.25) is 0 Å². The van der Waals surface area contributed by atoms with Crippen LogP contribution in [0.3, 0.4) is 0 Å². The van der Waals surface area contributed by atoms with Gasteiger partial charge in [0.25, 0.3) is 23.6 Å². The summed E-state index contributed by atoms with van der Waals surface area (Å²) in [5.74, 6) is -2.27. The van der Waals surface area contributed by atoms with Gasteiger partial charge in [0, 0.05) is 5.56 Å². The van der Waals surface area contributed by atoms with Crippen LogP contribution in [0.25, 0.3) is 6.08 Å². The average molecular weight is 516 g/mol. The van der Waals surface area contributed by atoms with E-state index in [2.05, 4.69) is 5.32 Å². The molecule has 1 saturated heterocycles. The minimum absolute atomic E-state index is 0.0710. The number of hydrogen-bond acceptors (Lipinski definition) is 6. The highest BCUT2D eigenvalue weighted by molar-refractivity contribution is 7.80. The van der Waals surface area contributed by atoms with Crippen LogP contribution in [0, 0.1) is 5.82 Å². The molecule has 37 heavy (non-hydrogen) atoms. The largest absolute Gasteiger partial charge is 0.496 e. The first-order chi connectivity index (χ1) is 17.8. The SMILES string of the molecule is COc1ccc(/C=C2/C(=O)NC(=S)N(c3ccc(F)cc3)C2=O)cc1CN1C(=O)c2ccccc2C1=O. The van der Waals surface area contributed by atoms with E-state index >= 15 is 0 Å². The lowest BCUT2D eigenvalue weighted by molar-refractivity contribution is -0.122. The van der Waals surface area contributed by atoms with E-state index in [0.29, 0.717) is 33.7 Å². The molecule has 10 heteroatoms. The topological polar surface area (TPSA) is 96.0 Å². The Balaban J connectivity index is 1.47. The maximum Gasteiger partial charge on any atom is 0.270 e. The average Bonchev–Trinajstić information content (AvgIpc) is 3.12. The van der Waals surface area contributed by atoms with Gasteiger partial charge in [-0.3, -0.25) is 34.3 Å².